The molecule has 0 saturated heterocycles. The molecule has 6 heteroatoms. The molecular formula is C19H17BrN4O. The number of rotatable bonds is 5. The smallest absolute Gasteiger partial charge is 0.229 e. The normalized spacial score (nSPS) is 10.4. The molecule has 0 aliphatic rings. The lowest BCUT2D eigenvalue weighted by Crippen LogP contribution is -2.03. The van der Waals surface area contributed by atoms with Gasteiger partial charge in [0.05, 0.1) is 0 Å². The van der Waals surface area contributed by atoms with E-state index < -0.39 is 0 Å². The Morgan fingerprint density at radius 3 is 2.40 bits per heavy atom. The second-order valence-corrected chi connectivity index (χ2v) is 6.53. The van der Waals surface area contributed by atoms with Gasteiger partial charge in [0.25, 0.3) is 0 Å². The molecule has 0 radical (unpaired) electrons. The number of carbonyl (C=O) groups is 1. The summed E-state index contributed by atoms with van der Waals surface area (Å²) in [6.07, 6.45) is 0. The van der Waals surface area contributed by atoms with E-state index in [0.29, 0.717) is 17.3 Å². The number of halogens is 1. The molecule has 0 unspecified atom stereocenters. The highest BCUT2D eigenvalue weighted by Gasteiger charge is 2.05. The Morgan fingerprint density at radius 1 is 0.960 bits per heavy atom. The van der Waals surface area contributed by atoms with Gasteiger partial charge in [0, 0.05) is 33.2 Å². The summed E-state index contributed by atoms with van der Waals surface area (Å²) in [6, 6.07) is 17.0. The first-order chi connectivity index (χ1) is 12.0. The van der Waals surface area contributed by atoms with E-state index in [1.54, 1.807) is 19.1 Å². The van der Waals surface area contributed by atoms with E-state index in [-0.39, 0.29) is 5.78 Å². The zero-order valence-electron chi connectivity index (χ0n) is 13.9. The molecule has 2 N–H and O–H groups in total. The largest absolute Gasteiger partial charge is 0.340 e. The molecule has 0 aliphatic carbocycles. The van der Waals surface area contributed by atoms with Gasteiger partial charge in [-0.2, -0.15) is 4.98 Å². The Morgan fingerprint density at radius 2 is 1.68 bits per heavy atom. The van der Waals surface area contributed by atoms with Crippen LogP contribution in [-0.4, -0.2) is 15.8 Å². The number of nitrogens with zero attached hydrogens (tertiary/aromatic N) is 2. The van der Waals surface area contributed by atoms with Gasteiger partial charge in [-0.15, -0.1) is 0 Å². The molecule has 0 saturated carbocycles. The Balaban J connectivity index is 1.84. The summed E-state index contributed by atoms with van der Waals surface area (Å²) in [6.45, 7) is 3.46. The van der Waals surface area contributed by atoms with Crippen LogP contribution < -0.4 is 10.6 Å². The van der Waals surface area contributed by atoms with Gasteiger partial charge >= 0.3 is 0 Å². The standard InChI is InChI=1S/C19H17BrN4O/c1-12-9-18(22-16-7-3-5-14(10-16)13(2)25)24-19(21-12)23-17-8-4-6-15(20)11-17/h3-11H,1-2H3,(H2,21,22,23,24). The Bertz CT molecular complexity index is 927. The van der Waals surface area contributed by atoms with Crippen molar-refractivity contribution in [2.24, 2.45) is 0 Å². The molecule has 126 valence electrons. The van der Waals surface area contributed by atoms with Gasteiger partial charge in [0.15, 0.2) is 5.78 Å². The van der Waals surface area contributed by atoms with Crippen molar-refractivity contribution in [2.75, 3.05) is 10.6 Å². The number of anilines is 4. The second kappa shape index (κ2) is 7.44. The molecule has 1 heterocycles. The van der Waals surface area contributed by atoms with E-state index in [1.165, 1.54) is 0 Å². The van der Waals surface area contributed by atoms with Crippen molar-refractivity contribution in [3.63, 3.8) is 0 Å². The van der Waals surface area contributed by atoms with Gasteiger partial charge in [-0.25, -0.2) is 4.98 Å². The lowest BCUT2D eigenvalue weighted by atomic mass is 10.1. The highest BCUT2D eigenvalue weighted by molar-refractivity contribution is 9.10. The lowest BCUT2D eigenvalue weighted by molar-refractivity contribution is 0.101. The molecule has 1 aromatic heterocycles. The topological polar surface area (TPSA) is 66.9 Å². The van der Waals surface area contributed by atoms with Crippen molar-refractivity contribution in [1.29, 1.82) is 0 Å². The molecule has 25 heavy (non-hydrogen) atoms. The molecule has 3 aromatic rings. The minimum atomic E-state index is 0.0273. The zero-order valence-corrected chi connectivity index (χ0v) is 15.5. The summed E-state index contributed by atoms with van der Waals surface area (Å²) < 4.78 is 0.976. The van der Waals surface area contributed by atoms with E-state index in [9.17, 15) is 4.79 Å². The van der Waals surface area contributed by atoms with Crippen LogP contribution in [-0.2, 0) is 0 Å². The van der Waals surface area contributed by atoms with Gasteiger partial charge in [-0.1, -0.05) is 34.1 Å². The number of aromatic nitrogens is 2. The number of Topliss-reactive ketones (excluding diaryl/α,β-unsaturated/α-hetero) is 1. The molecule has 0 spiro atoms. The van der Waals surface area contributed by atoms with Gasteiger partial charge in [0.1, 0.15) is 5.82 Å². The predicted molar refractivity (Wildman–Crippen MR) is 104 cm³/mol. The van der Waals surface area contributed by atoms with Gasteiger partial charge in [-0.05, 0) is 44.2 Å². The average molecular weight is 397 g/mol. The number of nitrogens with one attached hydrogen (secondary N) is 2. The lowest BCUT2D eigenvalue weighted by Gasteiger charge is -2.11. The maximum Gasteiger partial charge on any atom is 0.229 e. The zero-order chi connectivity index (χ0) is 17.8. The van der Waals surface area contributed by atoms with Crippen LogP contribution in [0.1, 0.15) is 23.0 Å². The molecule has 2 aromatic carbocycles. The molecule has 0 bridgehead atoms. The van der Waals surface area contributed by atoms with E-state index in [4.69, 9.17) is 0 Å². The summed E-state index contributed by atoms with van der Waals surface area (Å²) in [5, 5.41) is 6.42. The molecule has 0 aliphatic heterocycles. The van der Waals surface area contributed by atoms with Gasteiger partial charge in [-0.3, -0.25) is 4.79 Å². The summed E-state index contributed by atoms with van der Waals surface area (Å²) in [7, 11) is 0. The van der Waals surface area contributed by atoms with Crippen LogP contribution in [0.25, 0.3) is 0 Å². The van der Waals surface area contributed by atoms with Crippen molar-refractivity contribution >= 4 is 44.9 Å². The Labute approximate surface area is 154 Å². The highest BCUT2D eigenvalue weighted by atomic mass is 79.9. The SMILES string of the molecule is CC(=O)c1cccc(Nc2cc(C)nc(Nc3cccc(Br)c3)n2)c1. The number of hydrogen-bond donors (Lipinski definition) is 2. The third-order valence-electron chi connectivity index (χ3n) is 3.48. The van der Waals surface area contributed by atoms with Crippen LogP contribution in [0, 0.1) is 6.92 Å². The molecule has 0 atom stereocenters. The van der Waals surface area contributed by atoms with Gasteiger partial charge in [0.2, 0.25) is 5.95 Å². The van der Waals surface area contributed by atoms with Crippen molar-refractivity contribution in [2.45, 2.75) is 13.8 Å². The van der Waals surface area contributed by atoms with Crippen LogP contribution in [0.2, 0.25) is 0 Å². The van der Waals surface area contributed by atoms with Crippen LogP contribution in [0.3, 0.4) is 0 Å². The van der Waals surface area contributed by atoms with Gasteiger partial charge < -0.3 is 10.6 Å². The number of hydrogen-bond acceptors (Lipinski definition) is 5. The van der Waals surface area contributed by atoms with E-state index in [1.807, 2.05) is 49.4 Å². The fourth-order valence-electron chi connectivity index (χ4n) is 2.35. The molecular weight excluding hydrogens is 380 g/mol. The number of carbonyl (C=O) groups excluding carboxylic acids is 1. The van der Waals surface area contributed by atoms with E-state index >= 15 is 0 Å². The molecule has 5 nitrogen and oxygen atoms in total. The summed E-state index contributed by atoms with van der Waals surface area (Å²) in [4.78, 5) is 20.4. The van der Waals surface area contributed by atoms with Crippen LogP contribution in [0.4, 0.5) is 23.1 Å². The van der Waals surface area contributed by atoms with E-state index in [0.717, 1.165) is 21.5 Å². The van der Waals surface area contributed by atoms with Crippen LogP contribution >= 0.6 is 15.9 Å². The third-order valence-corrected chi connectivity index (χ3v) is 3.97. The van der Waals surface area contributed by atoms with Crippen molar-refractivity contribution < 1.29 is 4.79 Å². The quantitative estimate of drug-likeness (QED) is 0.577. The number of benzene rings is 2. The summed E-state index contributed by atoms with van der Waals surface area (Å²) >= 11 is 3.45. The first kappa shape index (κ1) is 17.1. The highest BCUT2D eigenvalue weighted by Crippen LogP contribution is 2.22. The first-order valence-electron chi connectivity index (χ1n) is 7.76. The van der Waals surface area contributed by atoms with E-state index in [2.05, 4.69) is 36.5 Å². The maximum atomic E-state index is 11.5. The Hall–Kier alpha value is -2.73. The van der Waals surface area contributed by atoms with Crippen molar-refractivity contribution in [1.82, 2.24) is 9.97 Å². The fourth-order valence-corrected chi connectivity index (χ4v) is 2.75. The average Bonchev–Trinajstić information content (AvgIpc) is 2.54. The minimum absolute atomic E-state index is 0.0273. The summed E-state index contributed by atoms with van der Waals surface area (Å²) in [5.74, 6) is 1.19. The molecule has 0 amide bonds. The fraction of sp³-hybridized carbons (Fsp3) is 0.105. The minimum Gasteiger partial charge on any atom is -0.340 e. The first-order valence-corrected chi connectivity index (χ1v) is 8.55. The summed E-state index contributed by atoms with van der Waals surface area (Å²) in [5.41, 5.74) is 3.18. The maximum absolute atomic E-state index is 11.5. The molecule has 0 fully saturated rings. The second-order valence-electron chi connectivity index (χ2n) is 5.62. The molecule has 3 rings (SSSR count). The van der Waals surface area contributed by atoms with Crippen molar-refractivity contribution in [3.8, 4) is 0 Å². The monoisotopic (exact) mass is 396 g/mol. The third kappa shape index (κ3) is 4.64. The predicted octanol–water partition coefficient (Wildman–Crippen LogP) is 5.24. The number of ketones is 1. The van der Waals surface area contributed by atoms with Crippen molar-refractivity contribution in [3.05, 3.63) is 70.3 Å². The van der Waals surface area contributed by atoms with Crippen LogP contribution in [0.15, 0.2) is 59.1 Å². The number of aryl methyl sites for hydroxylation is 1. The van der Waals surface area contributed by atoms with Crippen LogP contribution in [0.5, 0.6) is 0 Å². The Kier molecular flexibility index (Phi) is 5.09.